The second-order valence-corrected chi connectivity index (χ2v) is 8.43. The molecule has 1 N–H and O–H groups in total. The molecule has 0 bridgehead atoms. The molecule has 0 aromatic heterocycles. The Morgan fingerprint density at radius 3 is 2.67 bits per heavy atom. The number of allylic oxidation sites excluding steroid dienone is 1. The predicted octanol–water partition coefficient (Wildman–Crippen LogP) is 4.11. The minimum atomic E-state index is -0.775. The fraction of sp³-hybridized carbons (Fsp3) is 0.700. The van der Waals surface area contributed by atoms with Gasteiger partial charge in [0.15, 0.2) is 0 Å². The topological polar surface area (TPSA) is 63.6 Å². The van der Waals surface area contributed by atoms with E-state index in [1.165, 1.54) is 0 Å². The van der Waals surface area contributed by atoms with Gasteiger partial charge in [-0.2, -0.15) is 0 Å². The van der Waals surface area contributed by atoms with Crippen molar-refractivity contribution in [3.05, 3.63) is 23.3 Å². The van der Waals surface area contributed by atoms with E-state index in [1.54, 1.807) is 6.08 Å². The average Bonchev–Trinajstić information content (AvgIpc) is 2.80. The minimum Gasteiger partial charge on any atom is -0.478 e. The molecule has 0 amide bonds. The zero-order valence-electron chi connectivity index (χ0n) is 15.1. The lowest BCUT2D eigenvalue weighted by atomic mass is 9.46. The molecule has 0 aromatic carbocycles. The molecule has 3 rings (SSSR count). The molecular weight excluding hydrogens is 304 g/mol. The number of hydrogen-bond acceptors (Lipinski definition) is 3. The summed E-state index contributed by atoms with van der Waals surface area (Å²) in [7, 11) is 0. The smallest absolute Gasteiger partial charge is 0.331 e. The summed E-state index contributed by atoms with van der Waals surface area (Å²) in [6.07, 6.45) is 7.91. The van der Waals surface area contributed by atoms with E-state index in [-0.39, 0.29) is 22.9 Å². The van der Waals surface area contributed by atoms with Gasteiger partial charge in [0.1, 0.15) is 6.10 Å². The molecule has 0 radical (unpaired) electrons. The Hall–Kier alpha value is -1.58. The Labute approximate surface area is 144 Å². The third-order valence-corrected chi connectivity index (χ3v) is 7.17. The highest BCUT2D eigenvalue weighted by Gasteiger charge is 2.56. The molecular formula is C20H28O4. The molecule has 5 atom stereocenters. The van der Waals surface area contributed by atoms with E-state index >= 15 is 0 Å². The standard InChI is InChI=1S/C20H28O4/c1-12-10-17(21)24-15(12)11-20(4)13(2)8-9-19(3)14(18(22)23)6-5-7-16(19)20/h6,10,13,15-16H,5,7-9,11H2,1-4H3,(H,22,23)/t13-,15-,16+,19-,20+/m0/s1. The van der Waals surface area contributed by atoms with Crippen molar-refractivity contribution in [2.75, 3.05) is 0 Å². The van der Waals surface area contributed by atoms with Gasteiger partial charge in [0, 0.05) is 17.1 Å². The Balaban J connectivity index is 1.94. The molecule has 132 valence electrons. The van der Waals surface area contributed by atoms with Crippen LogP contribution in [0.4, 0.5) is 0 Å². The third kappa shape index (κ3) is 2.51. The normalized spacial score (nSPS) is 42.0. The predicted molar refractivity (Wildman–Crippen MR) is 91.3 cm³/mol. The summed E-state index contributed by atoms with van der Waals surface area (Å²) in [5.41, 5.74) is 1.26. The summed E-state index contributed by atoms with van der Waals surface area (Å²) in [6, 6.07) is 0. The number of cyclic esters (lactones) is 1. The first-order valence-corrected chi connectivity index (χ1v) is 9.01. The van der Waals surface area contributed by atoms with Crippen LogP contribution >= 0.6 is 0 Å². The zero-order chi connectivity index (χ0) is 17.7. The molecule has 4 heteroatoms. The van der Waals surface area contributed by atoms with Crippen LogP contribution < -0.4 is 0 Å². The molecule has 2 aliphatic carbocycles. The maximum absolute atomic E-state index is 11.8. The molecule has 3 aliphatic rings. The van der Waals surface area contributed by atoms with Gasteiger partial charge in [-0.3, -0.25) is 0 Å². The van der Waals surface area contributed by atoms with Crippen molar-refractivity contribution in [1.82, 2.24) is 0 Å². The van der Waals surface area contributed by atoms with E-state index in [0.29, 0.717) is 17.4 Å². The quantitative estimate of drug-likeness (QED) is 0.790. The molecule has 1 saturated carbocycles. The first-order valence-electron chi connectivity index (χ1n) is 9.01. The third-order valence-electron chi connectivity index (χ3n) is 7.17. The summed E-state index contributed by atoms with van der Waals surface area (Å²) in [5, 5.41) is 9.69. The number of hydrogen-bond donors (Lipinski definition) is 1. The van der Waals surface area contributed by atoms with Crippen molar-refractivity contribution < 1.29 is 19.4 Å². The number of aliphatic carboxylic acids is 1. The largest absolute Gasteiger partial charge is 0.478 e. The molecule has 0 spiro atoms. The molecule has 1 fully saturated rings. The van der Waals surface area contributed by atoms with Crippen molar-refractivity contribution in [2.24, 2.45) is 22.7 Å². The van der Waals surface area contributed by atoms with E-state index in [1.807, 2.05) is 13.0 Å². The first-order chi connectivity index (χ1) is 11.2. The Morgan fingerprint density at radius 2 is 2.08 bits per heavy atom. The average molecular weight is 332 g/mol. The van der Waals surface area contributed by atoms with Crippen molar-refractivity contribution >= 4 is 11.9 Å². The van der Waals surface area contributed by atoms with Crippen LogP contribution in [0.2, 0.25) is 0 Å². The molecule has 24 heavy (non-hydrogen) atoms. The fourth-order valence-electron chi connectivity index (χ4n) is 5.51. The lowest BCUT2D eigenvalue weighted by Gasteiger charge is -2.58. The van der Waals surface area contributed by atoms with E-state index in [2.05, 4.69) is 20.8 Å². The van der Waals surface area contributed by atoms with Gasteiger partial charge < -0.3 is 9.84 Å². The van der Waals surface area contributed by atoms with Crippen molar-refractivity contribution in [3.8, 4) is 0 Å². The van der Waals surface area contributed by atoms with E-state index < -0.39 is 5.97 Å². The van der Waals surface area contributed by atoms with Crippen LogP contribution in [0, 0.1) is 22.7 Å². The van der Waals surface area contributed by atoms with E-state index in [4.69, 9.17) is 4.74 Å². The van der Waals surface area contributed by atoms with Crippen molar-refractivity contribution in [1.29, 1.82) is 0 Å². The van der Waals surface area contributed by atoms with Crippen LogP contribution in [-0.2, 0) is 14.3 Å². The summed E-state index contributed by atoms with van der Waals surface area (Å²) >= 11 is 0. The number of rotatable bonds is 3. The first kappa shape index (κ1) is 17.2. The summed E-state index contributed by atoms with van der Waals surface area (Å²) < 4.78 is 5.51. The van der Waals surface area contributed by atoms with Crippen molar-refractivity contribution in [3.63, 3.8) is 0 Å². The van der Waals surface area contributed by atoms with Crippen LogP contribution in [0.3, 0.4) is 0 Å². The lowest BCUT2D eigenvalue weighted by Crippen LogP contribution is -2.52. The van der Waals surface area contributed by atoms with Crippen LogP contribution in [0.5, 0.6) is 0 Å². The maximum Gasteiger partial charge on any atom is 0.331 e. The monoisotopic (exact) mass is 332 g/mol. The Morgan fingerprint density at radius 1 is 1.38 bits per heavy atom. The van der Waals surface area contributed by atoms with Crippen LogP contribution in [0.25, 0.3) is 0 Å². The van der Waals surface area contributed by atoms with Gasteiger partial charge in [-0.15, -0.1) is 0 Å². The second kappa shape index (κ2) is 5.75. The Kier molecular flexibility index (Phi) is 4.13. The van der Waals surface area contributed by atoms with Gasteiger partial charge in [0.2, 0.25) is 0 Å². The number of fused-ring (bicyclic) bond motifs is 1. The molecule has 0 aromatic rings. The zero-order valence-corrected chi connectivity index (χ0v) is 15.1. The number of carbonyl (C=O) groups excluding carboxylic acids is 1. The highest BCUT2D eigenvalue weighted by molar-refractivity contribution is 5.88. The number of carbonyl (C=O) groups is 2. The summed E-state index contributed by atoms with van der Waals surface area (Å²) in [4.78, 5) is 23.4. The number of carboxylic acid groups (broad SMARTS) is 1. The van der Waals surface area contributed by atoms with Gasteiger partial charge in [0.25, 0.3) is 0 Å². The van der Waals surface area contributed by atoms with Gasteiger partial charge in [-0.25, -0.2) is 9.59 Å². The lowest BCUT2D eigenvalue weighted by molar-refractivity contribution is -0.143. The molecule has 1 heterocycles. The molecule has 0 saturated heterocycles. The fourth-order valence-corrected chi connectivity index (χ4v) is 5.51. The second-order valence-electron chi connectivity index (χ2n) is 8.43. The SMILES string of the molecule is CC1=CC(=O)O[C@H]1C[C@]1(C)[C@@H](C)CC[C@@]2(C)C(C(=O)O)=CCC[C@@H]12. The summed E-state index contributed by atoms with van der Waals surface area (Å²) in [5.74, 6) is -0.239. The molecule has 0 unspecified atom stereocenters. The number of carboxylic acids is 1. The maximum atomic E-state index is 11.8. The van der Waals surface area contributed by atoms with Crippen molar-refractivity contribution in [2.45, 2.75) is 65.9 Å². The van der Waals surface area contributed by atoms with Crippen LogP contribution in [0.15, 0.2) is 23.3 Å². The van der Waals surface area contributed by atoms with Gasteiger partial charge in [0.05, 0.1) is 0 Å². The van der Waals surface area contributed by atoms with Gasteiger partial charge >= 0.3 is 11.9 Å². The molecule has 1 aliphatic heterocycles. The highest BCUT2D eigenvalue weighted by Crippen LogP contribution is 2.62. The highest BCUT2D eigenvalue weighted by atomic mass is 16.5. The van der Waals surface area contributed by atoms with Gasteiger partial charge in [-0.1, -0.05) is 26.8 Å². The van der Waals surface area contributed by atoms with Gasteiger partial charge in [-0.05, 0) is 61.9 Å². The van der Waals surface area contributed by atoms with E-state index in [9.17, 15) is 14.7 Å². The summed E-state index contributed by atoms with van der Waals surface area (Å²) in [6.45, 7) is 8.64. The molecule has 4 nitrogen and oxygen atoms in total. The number of esters is 1. The minimum absolute atomic E-state index is 0.0354. The number of ether oxygens (including phenoxy) is 1. The van der Waals surface area contributed by atoms with Crippen LogP contribution in [0.1, 0.15) is 59.8 Å². The van der Waals surface area contributed by atoms with Crippen LogP contribution in [-0.4, -0.2) is 23.1 Å². The van der Waals surface area contributed by atoms with E-state index in [0.717, 1.165) is 37.7 Å². The Bertz CT molecular complexity index is 632.